The van der Waals surface area contributed by atoms with E-state index in [-0.39, 0.29) is 5.75 Å². The molecule has 0 N–H and O–H groups in total. The Labute approximate surface area is 138 Å². The Morgan fingerprint density at radius 1 is 1.17 bits per heavy atom. The molecular formula is C18H19F4NO. The maximum atomic E-state index is 12.7. The van der Waals surface area contributed by atoms with Crippen LogP contribution in [0.25, 0.3) is 0 Å². The first-order valence-corrected chi connectivity index (χ1v) is 7.99. The lowest BCUT2D eigenvalue weighted by Gasteiger charge is -2.28. The predicted octanol–water partition coefficient (Wildman–Crippen LogP) is 6.02. The van der Waals surface area contributed by atoms with E-state index >= 15 is 0 Å². The van der Waals surface area contributed by atoms with Crippen LogP contribution in [-0.4, -0.2) is 6.36 Å². The van der Waals surface area contributed by atoms with E-state index in [2.05, 4.69) is 4.74 Å². The molecule has 0 amide bonds. The zero-order valence-corrected chi connectivity index (χ0v) is 13.2. The molecule has 0 radical (unpaired) electrons. The number of nitrogens with zero attached hydrogens (tertiary/aromatic N) is 1. The second-order valence-corrected chi connectivity index (χ2v) is 6.08. The summed E-state index contributed by atoms with van der Waals surface area (Å²) in [5.74, 6) is -0.0829. The zero-order valence-electron chi connectivity index (χ0n) is 13.2. The molecule has 2 rings (SSSR count). The lowest BCUT2D eigenvalue weighted by atomic mass is 9.77. The molecule has 1 fully saturated rings. The van der Waals surface area contributed by atoms with Gasteiger partial charge in [0.15, 0.2) is 5.83 Å². The van der Waals surface area contributed by atoms with Crippen LogP contribution in [0.5, 0.6) is 5.75 Å². The first-order chi connectivity index (χ1) is 11.4. The van der Waals surface area contributed by atoms with Crippen molar-refractivity contribution in [1.82, 2.24) is 0 Å². The quantitative estimate of drug-likeness (QED) is 0.485. The number of hydrogen-bond acceptors (Lipinski definition) is 2. The molecule has 1 aliphatic rings. The summed E-state index contributed by atoms with van der Waals surface area (Å²) in [6.45, 7) is 0. The van der Waals surface area contributed by atoms with E-state index in [1.54, 1.807) is 12.1 Å². The molecule has 0 saturated heterocycles. The molecular weight excluding hydrogens is 322 g/mol. The number of allylic oxidation sites excluding steroid dienone is 2. The van der Waals surface area contributed by atoms with Crippen molar-refractivity contribution < 1.29 is 22.3 Å². The van der Waals surface area contributed by atoms with E-state index in [0.29, 0.717) is 18.3 Å². The van der Waals surface area contributed by atoms with Crippen molar-refractivity contribution in [3.63, 3.8) is 0 Å². The highest BCUT2D eigenvalue weighted by Crippen LogP contribution is 2.38. The number of benzene rings is 1. The van der Waals surface area contributed by atoms with E-state index in [1.807, 2.05) is 0 Å². The SMILES string of the molecule is N#CC(F)=CCC[C@H]1CC[C@H](c2ccc(OC(F)(F)F)cc2)CC1. The van der Waals surface area contributed by atoms with Gasteiger partial charge in [0.25, 0.3) is 0 Å². The summed E-state index contributed by atoms with van der Waals surface area (Å²) in [7, 11) is 0. The van der Waals surface area contributed by atoms with Gasteiger partial charge in [0.1, 0.15) is 11.8 Å². The maximum absolute atomic E-state index is 12.7. The van der Waals surface area contributed by atoms with Crippen molar-refractivity contribution in [2.45, 2.75) is 50.8 Å². The summed E-state index contributed by atoms with van der Waals surface area (Å²) in [6.07, 6.45) is 2.03. The van der Waals surface area contributed by atoms with Gasteiger partial charge in [0.05, 0.1) is 0 Å². The molecule has 0 bridgehead atoms. The van der Waals surface area contributed by atoms with Gasteiger partial charge in [0, 0.05) is 0 Å². The molecule has 0 aliphatic heterocycles. The lowest BCUT2D eigenvalue weighted by molar-refractivity contribution is -0.274. The molecule has 0 heterocycles. The minimum atomic E-state index is -4.67. The Morgan fingerprint density at radius 3 is 2.33 bits per heavy atom. The molecule has 0 spiro atoms. The summed E-state index contributed by atoms with van der Waals surface area (Å²) in [4.78, 5) is 0. The minimum Gasteiger partial charge on any atom is -0.406 e. The highest BCUT2D eigenvalue weighted by molar-refractivity contribution is 5.29. The van der Waals surface area contributed by atoms with Gasteiger partial charge in [0.2, 0.25) is 0 Å². The third kappa shape index (κ3) is 5.88. The average molecular weight is 341 g/mol. The summed E-state index contributed by atoms with van der Waals surface area (Å²) < 4.78 is 53.0. The summed E-state index contributed by atoms with van der Waals surface area (Å²) >= 11 is 0. The number of halogens is 4. The topological polar surface area (TPSA) is 33.0 Å². The van der Waals surface area contributed by atoms with Crippen molar-refractivity contribution in [3.05, 3.63) is 41.7 Å². The second-order valence-electron chi connectivity index (χ2n) is 6.08. The number of alkyl halides is 3. The molecule has 1 aromatic carbocycles. The van der Waals surface area contributed by atoms with Crippen LogP contribution in [0.1, 0.15) is 50.0 Å². The van der Waals surface area contributed by atoms with Crippen LogP contribution in [-0.2, 0) is 0 Å². The van der Waals surface area contributed by atoms with Gasteiger partial charge >= 0.3 is 6.36 Å². The fourth-order valence-electron chi connectivity index (χ4n) is 3.22. The third-order valence-electron chi connectivity index (χ3n) is 4.44. The van der Waals surface area contributed by atoms with Gasteiger partial charge in [-0.2, -0.15) is 9.65 Å². The molecule has 1 saturated carbocycles. The smallest absolute Gasteiger partial charge is 0.406 e. The predicted molar refractivity (Wildman–Crippen MR) is 81.9 cm³/mol. The van der Waals surface area contributed by atoms with Crippen LogP contribution < -0.4 is 4.74 Å². The second kappa shape index (κ2) is 8.18. The fourth-order valence-corrected chi connectivity index (χ4v) is 3.22. The van der Waals surface area contributed by atoms with Gasteiger partial charge in [-0.3, -0.25) is 0 Å². The Bertz CT molecular complexity index is 593. The van der Waals surface area contributed by atoms with Gasteiger partial charge in [-0.15, -0.1) is 13.2 Å². The minimum absolute atomic E-state index is 0.203. The lowest BCUT2D eigenvalue weighted by Crippen LogP contribution is -2.17. The van der Waals surface area contributed by atoms with Gasteiger partial charge in [-0.1, -0.05) is 12.1 Å². The standard InChI is InChI=1S/C18H19F4NO/c19-16(12-23)3-1-2-13-4-6-14(7-5-13)15-8-10-17(11-9-15)24-18(20,21)22/h3,8-11,13-14H,1-2,4-7H2/t13-,14-. The highest BCUT2D eigenvalue weighted by Gasteiger charge is 2.31. The fraction of sp³-hybridized carbons (Fsp3) is 0.500. The normalized spacial score (nSPS) is 22.0. The average Bonchev–Trinajstić information content (AvgIpc) is 2.54. The molecule has 1 aliphatic carbocycles. The zero-order chi connectivity index (χ0) is 17.6. The Morgan fingerprint density at radius 2 is 1.79 bits per heavy atom. The molecule has 0 aromatic heterocycles. The van der Waals surface area contributed by atoms with Crippen molar-refractivity contribution >= 4 is 0 Å². The van der Waals surface area contributed by atoms with Gasteiger partial charge < -0.3 is 4.74 Å². The maximum Gasteiger partial charge on any atom is 0.573 e. The summed E-state index contributed by atoms with van der Waals surface area (Å²) in [5, 5.41) is 8.35. The summed E-state index contributed by atoms with van der Waals surface area (Å²) in [5.41, 5.74) is 1.03. The van der Waals surface area contributed by atoms with Crippen LogP contribution in [0.4, 0.5) is 17.6 Å². The molecule has 24 heavy (non-hydrogen) atoms. The summed E-state index contributed by atoms with van der Waals surface area (Å²) in [6, 6.07) is 7.55. The van der Waals surface area contributed by atoms with E-state index < -0.39 is 12.2 Å². The van der Waals surface area contributed by atoms with E-state index in [4.69, 9.17) is 5.26 Å². The number of rotatable bonds is 5. The van der Waals surface area contributed by atoms with Crippen LogP contribution in [0.15, 0.2) is 36.2 Å². The third-order valence-corrected chi connectivity index (χ3v) is 4.44. The van der Waals surface area contributed by atoms with E-state index in [0.717, 1.165) is 37.7 Å². The van der Waals surface area contributed by atoms with Crippen LogP contribution in [0, 0.1) is 17.2 Å². The Balaban J connectivity index is 1.81. The Hall–Kier alpha value is -2.03. The number of nitriles is 1. The van der Waals surface area contributed by atoms with Crippen LogP contribution in [0.2, 0.25) is 0 Å². The van der Waals surface area contributed by atoms with Crippen LogP contribution in [0.3, 0.4) is 0 Å². The first kappa shape index (κ1) is 18.3. The molecule has 0 unspecified atom stereocenters. The molecule has 1 aromatic rings. The Kier molecular flexibility index (Phi) is 6.24. The van der Waals surface area contributed by atoms with Crippen molar-refractivity contribution in [2.24, 2.45) is 5.92 Å². The molecule has 6 heteroatoms. The van der Waals surface area contributed by atoms with E-state index in [1.165, 1.54) is 24.3 Å². The molecule has 0 atom stereocenters. The highest BCUT2D eigenvalue weighted by atomic mass is 19.4. The van der Waals surface area contributed by atoms with Gasteiger partial charge in [-0.25, -0.2) is 0 Å². The number of hydrogen-bond donors (Lipinski definition) is 0. The van der Waals surface area contributed by atoms with Crippen LogP contribution >= 0.6 is 0 Å². The van der Waals surface area contributed by atoms with Crippen molar-refractivity contribution in [3.8, 4) is 11.8 Å². The monoisotopic (exact) mass is 341 g/mol. The first-order valence-electron chi connectivity index (χ1n) is 7.99. The van der Waals surface area contributed by atoms with Crippen molar-refractivity contribution in [1.29, 1.82) is 5.26 Å². The molecule has 2 nitrogen and oxygen atoms in total. The number of ether oxygens (including phenoxy) is 1. The largest absolute Gasteiger partial charge is 0.573 e. The van der Waals surface area contributed by atoms with Crippen molar-refractivity contribution in [2.75, 3.05) is 0 Å². The molecule has 130 valence electrons. The van der Waals surface area contributed by atoms with E-state index in [9.17, 15) is 17.6 Å². The van der Waals surface area contributed by atoms with Gasteiger partial charge in [-0.05, 0) is 74.1 Å².